The Balaban J connectivity index is 2.21. The Hall–Kier alpha value is -1.52. The third-order valence-corrected chi connectivity index (χ3v) is 2.38. The van der Waals surface area contributed by atoms with E-state index in [1.165, 1.54) is 0 Å². The largest absolute Gasteiger partial charge is 0.298 e. The van der Waals surface area contributed by atoms with Gasteiger partial charge in [-0.25, -0.2) is 0 Å². The van der Waals surface area contributed by atoms with Crippen LogP contribution in [0, 0.1) is 0 Å². The smallest absolute Gasteiger partial charge is 0.0827 e. The van der Waals surface area contributed by atoms with Gasteiger partial charge in [-0.2, -0.15) is 0 Å². The predicted molar refractivity (Wildman–Crippen MR) is 71.0 cm³/mol. The first-order valence-electron chi connectivity index (χ1n) is 6.14. The van der Waals surface area contributed by atoms with Crippen LogP contribution in [-0.4, -0.2) is 40.5 Å². The molecule has 0 amide bonds. The standard InChI is InChI=1S/C12H21N5/c1-3-13-8-6-5-7-12-11-17(16-15-12)10-9-14-4-2/h3-4,11H,5-10H2,1-2H3/b13-3+,14-4+. The van der Waals surface area contributed by atoms with Gasteiger partial charge in [0.1, 0.15) is 0 Å². The molecule has 5 heteroatoms. The molecule has 1 aromatic heterocycles. The summed E-state index contributed by atoms with van der Waals surface area (Å²) in [5.74, 6) is 0. The van der Waals surface area contributed by atoms with Crippen LogP contribution >= 0.6 is 0 Å². The second-order valence-electron chi connectivity index (χ2n) is 3.76. The first-order chi connectivity index (χ1) is 8.36. The van der Waals surface area contributed by atoms with Gasteiger partial charge in [0, 0.05) is 12.7 Å². The maximum atomic E-state index is 4.18. The Labute approximate surface area is 103 Å². The highest BCUT2D eigenvalue weighted by Gasteiger charge is 1.99. The highest BCUT2D eigenvalue weighted by atomic mass is 15.4. The topological polar surface area (TPSA) is 55.4 Å². The van der Waals surface area contributed by atoms with Crippen molar-refractivity contribution in [3.63, 3.8) is 0 Å². The number of hydrogen-bond donors (Lipinski definition) is 0. The van der Waals surface area contributed by atoms with Gasteiger partial charge < -0.3 is 0 Å². The van der Waals surface area contributed by atoms with Crippen LogP contribution in [-0.2, 0) is 13.0 Å². The van der Waals surface area contributed by atoms with Gasteiger partial charge in [0.2, 0.25) is 0 Å². The van der Waals surface area contributed by atoms with Crippen LogP contribution in [0.5, 0.6) is 0 Å². The maximum Gasteiger partial charge on any atom is 0.0827 e. The maximum absolute atomic E-state index is 4.18. The summed E-state index contributed by atoms with van der Waals surface area (Å²) in [6, 6.07) is 0. The van der Waals surface area contributed by atoms with Crippen LogP contribution < -0.4 is 0 Å². The summed E-state index contributed by atoms with van der Waals surface area (Å²) in [6.45, 7) is 6.35. The molecule has 0 spiro atoms. The highest BCUT2D eigenvalue weighted by molar-refractivity contribution is 5.53. The third-order valence-electron chi connectivity index (χ3n) is 2.38. The molecular formula is C12H21N5. The number of nitrogens with zero attached hydrogens (tertiary/aromatic N) is 5. The predicted octanol–water partition coefficient (Wildman–Crippen LogP) is 1.78. The molecular weight excluding hydrogens is 214 g/mol. The summed E-state index contributed by atoms with van der Waals surface area (Å²) in [7, 11) is 0. The third kappa shape index (κ3) is 5.94. The van der Waals surface area contributed by atoms with Gasteiger partial charge >= 0.3 is 0 Å². The van der Waals surface area contributed by atoms with Crippen LogP contribution in [0.25, 0.3) is 0 Å². The van der Waals surface area contributed by atoms with Crippen LogP contribution in [0.15, 0.2) is 16.2 Å². The zero-order chi connectivity index (χ0) is 12.3. The zero-order valence-corrected chi connectivity index (χ0v) is 10.7. The minimum absolute atomic E-state index is 0.768. The van der Waals surface area contributed by atoms with E-state index in [9.17, 15) is 0 Å². The van der Waals surface area contributed by atoms with Crippen LogP contribution in [0.2, 0.25) is 0 Å². The molecule has 1 rings (SSSR count). The molecule has 0 N–H and O–H groups in total. The van der Waals surface area contributed by atoms with Crippen LogP contribution in [0.3, 0.4) is 0 Å². The SMILES string of the molecule is C/C=N/CCCCc1cn(CC/N=C/C)nn1. The fourth-order valence-electron chi connectivity index (χ4n) is 1.49. The number of aliphatic imine (C=N–C) groups is 2. The Bertz CT molecular complexity index is 354. The normalized spacial score (nSPS) is 11.9. The van der Waals surface area contributed by atoms with E-state index in [4.69, 9.17) is 0 Å². The Morgan fingerprint density at radius 1 is 1.18 bits per heavy atom. The molecule has 0 saturated carbocycles. The van der Waals surface area contributed by atoms with Crippen molar-refractivity contribution in [2.75, 3.05) is 13.1 Å². The molecule has 0 aromatic carbocycles. The van der Waals surface area contributed by atoms with E-state index >= 15 is 0 Å². The second kappa shape index (κ2) is 8.61. The number of rotatable bonds is 8. The first-order valence-corrected chi connectivity index (χ1v) is 6.14. The van der Waals surface area contributed by atoms with Gasteiger partial charge in [-0.3, -0.25) is 14.7 Å². The molecule has 0 bridgehead atoms. The van der Waals surface area contributed by atoms with E-state index in [1.807, 2.05) is 37.2 Å². The fraction of sp³-hybridized carbons (Fsp3) is 0.667. The van der Waals surface area contributed by atoms with E-state index in [2.05, 4.69) is 20.3 Å². The summed E-state index contributed by atoms with van der Waals surface area (Å²) in [5, 5.41) is 8.20. The molecule has 5 nitrogen and oxygen atoms in total. The van der Waals surface area contributed by atoms with Gasteiger partial charge in [-0.1, -0.05) is 5.21 Å². The molecule has 1 heterocycles. The molecule has 0 atom stereocenters. The molecule has 0 aliphatic heterocycles. The lowest BCUT2D eigenvalue weighted by Crippen LogP contribution is -2.01. The first kappa shape index (κ1) is 13.5. The van der Waals surface area contributed by atoms with Crippen molar-refractivity contribution in [3.05, 3.63) is 11.9 Å². The molecule has 0 aliphatic carbocycles. The molecule has 1 aromatic rings. The lowest BCUT2D eigenvalue weighted by atomic mass is 10.2. The molecule has 0 radical (unpaired) electrons. The van der Waals surface area contributed by atoms with Crippen molar-refractivity contribution in [2.24, 2.45) is 9.98 Å². The van der Waals surface area contributed by atoms with E-state index in [1.54, 1.807) is 0 Å². The van der Waals surface area contributed by atoms with E-state index in [-0.39, 0.29) is 0 Å². The molecule has 0 aliphatic rings. The number of hydrogen-bond acceptors (Lipinski definition) is 4. The summed E-state index contributed by atoms with van der Waals surface area (Å²) < 4.78 is 1.85. The minimum atomic E-state index is 0.768. The Morgan fingerprint density at radius 2 is 1.94 bits per heavy atom. The Morgan fingerprint density at radius 3 is 2.71 bits per heavy atom. The average Bonchev–Trinajstić information content (AvgIpc) is 2.77. The van der Waals surface area contributed by atoms with Crippen molar-refractivity contribution in [2.45, 2.75) is 39.7 Å². The molecule has 0 fully saturated rings. The monoisotopic (exact) mass is 235 g/mol. The van der Waals surface area contributed by atoms with E-state index in [0.717, 1.165) is 44.6 Å². The summed E-state index contributed by atoms with van der Waals surface area (Å²) >= 11 is 0. The second-order valence-corrected chi connectivity index (χ2v) is 3.76. The summed E-state index contributed by atoms with van der Waals surface area (Å²) in [6.07, 6.45) is 8.88. The number of unbranched alkanes of at least 4 members (excludes halogenated alkanes) is 1. The Kier molecular flexibility index (Phi) is 6.86. The number of aryl methyl sites for hydroxylation is 1. The highest BCUT2D eigenvalue weighted by Crippen LogP contribution is 2.01. The quantitative estimate of drug-likeness (QED) is 0.509. The average molecular weight is 235 g/mol. The fourth-order valence-corrected chi connectivity index (χ4v) is 1.49. The van der Waals surface area contributed by atoms with Crippen molar-refractivity contribution < 1.29 is 0 Å². The van der Waals surface area contributed by atoms with Crippen LogP contribution in [0.1, 0.15) is 32.4 Å². The molecule has 0 unspecified atom stereocenters. The number of aromatic nitrogens is 3. The van der Waals surface area contributed by atoms with Gasteiger partial charge in [-0.15, -0.1) is 5.10 Å². The van der Waals surface area contributed by atoms with Gasteiger partial charge in [0.25, 0.3) is 0 Å². The molecule has 94 valence electrons. The van der Waals surface area contributed by atoms with Gasteiger partial charge in [0.05, 0.1) is 18.8 Å². The van der Waals surface area contributed by atoms with Crippen molar-refractivity contribution in [3.8, 4) is 0 Å². The summed E-state index contributed by atoms with van der Waals surface area (Å²) in [5.41, 5.74) is 1.06. The molecule has 17 heavy (non-hydrogen) atoms. The van der Waals surface area contributed by atoms with E-state index in [0.29, 0.717) is 0 Å². The van der Waals surface area contributed by atoms with Crippen LogP contribution in [0.4, 0.5) is 0 Å². The minimum Gasteiger partial charge on any atom is -0.298 e. The van der Waals surface area contributed by atoms with Gasteiger partial charge in [0.15, 0.2) is 0 Å². The van der Waals surface area contributed by atoms with Crippen molar-refractivity contribution in [1.29, 1.82) is 0 Å². The van der Waals surface area contributed by atoms with E-state index < -0.39 is 0 Å². The van der Waals surface area contributed by atoms with Crippen molar-refractivity contribution in [1.82, 2.24) is 15.0 Å². The lowest BCUT2D eigenvalue weighted by molar-refractivity contribution is 0.599. The summed E-state index contributed by atoms with van der Waals surface area (Å²) in [4.78, 5) is 8.32. The lowest BCUT2D eigenvalue weighted by Gasteiger charge is -1.95. The van der Waals surface area contributed by atoms with Gasteiger partial charge in [-0.05, 0) is 45.5 Å². The zero-order valence-electron chi connectivity index (χ0n) is 10.7. The van der Waals surface area contributed by atoms with Crippen molar-refractivity contribution >= 4 is 12.4 Å². The molecule has 0 saturated heterocycles.